The lowest BCUT2D eigenvalue weighted by Crippen LogP contribution is -2.59. The molecule has 0 bridgehead atoms. The summed E-state index contributed by atoms with van der Waals surface area (Å²) < 4.78 is 12.2. The van der Waals surface area contributed by atoms with E-state index < -0.39 is 53.2 Å². The van der Waals surface area contributed by atoms with Crippen molar-refractivity contribution in [1.29, 1.82) is 0 Å². The number of likely N-dealkylation sites (N-methyl/N-ethyl adjacent to an activating group) is 2. The summed E-state index contributed by atoms with van der Waals surface area (Å²) >= 11 is 4.06. The Morgan fingerprint density at radius 2 is 1.58 bits per heavy atom. The van der Waals surface area contributed by atoms with Gasteiger partial charge >= 0.3 is 0 Å². The molecular weight excluding hydrogens is 881 g/mol. The highest BCUT2D eigenvalue weighted by molar-refractivity contribution is 8.31. The van der Waals surface area contributed by atoms with Gasteiger partial charge in [-0.15, -0.1) is 0 Å². The van der Waals surface area contributed by atoms with Crippen LogP contribution in [0.1, 0.15) is 92.2 Å². The van der Waals surface area contributed by atoms with Gasteiger partial charge in [0.2, 0.25) is 29.5 Å². The number of hydrogen-bond donors (Lipinski definition) is 6. The molecule has 1 aromatic rings. The maximum atomic E-state index is 14.5. The number of methoxy groups -OCH3 is 2. The zero-order valence-electron chi connectivity index (χ0n) is 41.4. The Kier molecular flexibility index (Phi) is 23.7. The minimum Gasteiger partial charge on any atom is -0.379 e. The number of nitrogens with one attached hydrogen (secondary N) is 4. The Hall–Kier alpha value is -3.97. The van der Waals surface area contributed by atoms with E-state index in [1.807, 2.05) is 108 Å². The fourth-order valence-electron chi connectivity index (χ4n) is 9.08. The summed E-state index contributed by atoms with van der Waals surface area (Å²) in [4.78, 5) is 90.9. The van der Waals surface area contributed by atoms with E-state index in [2.05, 4.69) is 38.9 Å². The van der Waals surface area contributed by atoms with Crippen molar-refractivity contribution >= 4 is 64.5 Å². The summed E-state index contributed by atoms with van der Waals surface area (Å²) in [6.07, 6.45) is 1.15. The SMILES string of the molecule is CC[C@H](C)[C@@H]([C@@H](CC(=O)N1CCC[C@H]1[C@H](OC)[C@H](C)C(=O)N[C@H](C[SH]1C=NC(C(=O)NCCNC(=O)CCS)=C1)c1ccccc1)OC)N(C)C(=O)[C@@H](NC(=O)[C@H](C(C)C)N(C)C)C(C)C. The number of ether oxygens (including phenoxy) is 2. The normalized spacial score (nSPS) is 20.2. The summed E-state index contributed by atoms with van der Waals surface area (Å²) in [6, 6.07) is 7.21. The quantitative estimate of drug-likeness (QED) is 0.0561. The summed E-state index contributed by atoms with van der Waals surface area (Å²) in [6.45, 7) is 14.7. The van der Waals surface area contributed by atoms with Crippen LogP contribution in [-0.4, -0.2) is 159 Å². The molecule has 18 heteroatoms. The van der Waals surface area contributed by atoms with Gasteiger partial charge in [-0.2, -0.15) is 23.5 Å². The van der Waals surface area contributed by atoms with Crippen molar-refractivity contribution in [3.05, 3.63) is 47.0 Å². The van der Waals surface area contributed by atoms with Gasteiger partial charge in [0, 0.05) is 58.6 Å². The van der Waals surface area contributed by atoms with Crippen molar-refractivity contribution in [2.75, 3.05) is 66.5 Å². The number of hydrogen-bond acceptors (Lipinski definition) is 11. The molecule has 16 nitrogen and oxygen atoms in total. The van der Waals surface area contributed by atoms with E-state index >= 15 is 0 Å². The zero-order chi connectivity index (χ0) is 49.2. The molecular formula is C48H80N8O8S2. The predicted octanol–water partition coefficient (Wildman–Crippen LogP) is 3.93. The Morgan fingerprint density at radius 1 is 0.909 bits per heavy atom. The van der Waals surface area contributed by atoms with Crippen molar-refractivity contribution in [2.24, 2.45) is 28.7 Å². The van der Waals surface area contributed by atoms with Crippen molar-refractivity contribution < 1.29 is 38.2 Å². The van der Waals surface area contributed by atoms with Crippen LogP contribution < -0.4 is 21.3 Å². The Morgan fingerprint density at radius 3 is 2.15 bits per heavy atom. The molecule has 0 aromatic heterocycles. The Bertz CT molecular complexity index is 1810. The minimum atomic E-state index is -1.01. The van der Waals surface area contributed by atoms with Gasteiger partial charge in [0.15, 0.2) is 0 Å². The minimum absolute atomic E-state index is 0.00703. The third-order valence-electron chi connectivity index (χ3n) is 12.8. The first kappa shape index (κ1) is 56.4. The molecule has 4 N–H and O–H groups in total. The van der Waals surface area contributed by atoms with Crippen LogP contribution in [0.25, 0.3) is 0 Å². The fourth-order valence-corrected chi connectivity index (χ4v) is 11.0. The van der Waals surface area contributed by atoms with Gasteiger partial charge in [0.25, 0.3) is 5.91 Å². The molecule has 2 aliphatic rings. The van der Waals surface area contributed by atoms with Crippen molar-refractivity contribution in [2.45, 2.75) is 123 Å². The van der Waals surface area contributed by atoms with E-state index in [0.29, 0.717) is 43.1 Å². The maximum Gasteiger partial charge on any atom is 0.270 e. The van der Waals surface area contributed by atoms with Gasteiger partial charge in [-0.1, -0.05) is 85.2 Å². The molecule has 2 aliphatic heterocycles. The highest BCUT2D eigenvalue weighted by Crippen LogP contribution is 2.36. The molecule has 0 spiro atoms. The molecule has 0 aliphatic carbocycles. The zero-order valence-corrected chi connectivity index (χ0v) is 43.2. The second-order valence-electron chi connectivity index (χ2n) is 18.5. The average molecular weight is 961 g/mol. The molecule has 2 heterocycles. The number of carbonyl (C=O) groups is 6. The lowest BCUT2D eigenvalue weighted by atomic mass is 9.89. The molecule has 66 heavy (non-hydrogen) atoms. The van der Waals surface area contributed by atoms with Crippen molar-refractivity contribution in [1.82, 2.24) is 36.0 Å². The van der Waals surface area contributed by atoms with E-state index in [1.54, 1.807) is 31.7 Å². The molecule has 0 saturated carbocycles. The van der Waals surface area contributed by atoms with Gasteiger partial charge in [0.1, 0.15) is 11.7 Å². The molecule has 3 rings (SSSR count). The van der Waals surface area contributed by atoms with E-state index in [0.717, 1.165) is 18.4 Å². The molecule has 0 radical (unpaired) electrons. The van der Waals surface area contributed by atoms with Crippen LogP contribution in [0.5, 0.6) is 0 Å². The van der Waals surface area contributed by atoms with Crippen LogP contribution in [0.2, 0.25) is 0 Å². The van der Waals surface area contributed by atoms with Crippen LogP contribution in [-0.2, 0) is 38.2 Å². The van der Waals surface area contributed by atoms with Gasteiger partial charge in [0.05, 0.1) is 48.7 Å². The number of likely N-dealkylation sites (tertiary alicyclic amines) is 1. The summed E-state index contributed by atoms with van der Waals surface area (Å²) in [5.41, 5.74) is 2.98. The van der Waals surface area contributed by atoms with Crippen LogP contribution in [0.3, 0.4) is 0 Å². The van der Waals surface area contributed by atoms with Crippen LogP contribution in [0.15, 0.2) is 46.4 Å². The molecule has 372 valence electrons. The van der Waals surface area contributed by atoms with Crippen molar-refractivity contribution in [3.8, 4) is 0 Å². The van der Waals surface area contributed by atoms with E-state index in [4.69, 9.17) is 9.47 Å². The van der Waals surface area contributed by atoms with E-state index in [1.165, 1.54) is 0 Å². The molecule has 1 unspecified atom stereocenters. The highest BCUT2D eigenvalue weighted by Gasteiger charge is 2.43. The monoisotopic (exact) mass is 961 g/mol. The lowest BCUT2D eigenvalue weighted by Gasteiger charge is -2.41. The number of amides is 6. The number of nitrogens with zero attached hydrogens (tertiary/aromatic N) is 4. The predicted molar refractivity (Wildman–Crippen MR) is 267 cm³/mol. The third kappa shape index (κ3) is 15.8. The maximum absolute atomic E-state index is 14.5. The van der Waals surface area contributed by atoms with Gasteiger partial charge < -0.3 is 40.5 Å². The standard InChI is InChI=1S/C48H80N8O8S2/c1-13-32(6)43(55(10)48(62)41(30(2)3)53-47(61)42(31(4)5)54(8)9)38(63-11)26-40(58)56-24-17-20-37(56)44(64-12)33(7)45(59)52-35(34-18-15-14-16-19-34)27-66-28-36(51-29-66)46(60)50-23-22-49-39(57)21-25-65/h14-16,18-19,28-33,35,37-38,41-44,65-66H,13,17,20-27H2,1-12H3,(H,49,57)(H,50,60)(H,52,59)(H,53,61)/t32-,33-,35+,37-,38+,41-,42-,43-,44+/m0/s1. The van der Waals surface area contributed by atoms with Crippen molar-refractivity contribution in [3.63, 3.8) is 0 Å². The molecule has 6 amide bonds. The molecule has 1 aromatic carbocycles. The van der Waals surface area contributed by atoms with Gasteiger partial charge in [-0.25, -0.2) is 4.99 Å². The Balaban J connectivity index is 1.76. The highest BCUT2D eigenvalue weighted by atomic mass is 32.2. The number of benzene rings is 1. The molecule has 1 saturated heterocycles. The number of rotatable bonds is 27. The number of thiol groups is 2. The second kappa shape index (κ2) is 27.7. The lowest BCUT2D eigenvalue weighted by molar-refractivity contribution is -0.148. The summed E-state index contributed by atoms with van der Waals surface area (Å²) in [5.74, 6) is -1.19. The van der Waals surface area contributed by atoms with Gasteiger partial charge in [-0.05, 0) is 61.4 Å². The summed E-state index contributed by atoms with van der Waals surface area (Å²) in [7, 11) is 7.57. The fraction of sp³-hybridized carbons (Fsp3) is 0.688. The summed E-state index contributed by atoms with van der Waals surface area (Å²) in [5, 5.41) is 13.7. The number of aliphatic imine (C=N–C) groups is 1. The van der Waals surface area contributed by atoms with Crippen LogP contribution >= 0.6 is 23.5 Å². The topological polar surface area (TPSA) is 191 Å². The van der Waals surface area contributed by atoms with E-state index in [9.17, 15) is 28.8 Å². The Labute approximate surface area is 402 Å². The van der Waals surface area contributed by atoms with E-state index in [-0.39, 0.29) is 72.2 Å². The first-order valence-corrected chi connectivity index (χ1v) is 25.7. The smallest absolute Gasteiger partial charge is 0.270 e. The van der Waals surface area contributed by atoms with Crippen LogP contribution in [0.4, 0.5) is 0 Å². The first-order valence-electron chi connectivity index (χ1n) is 23.4. The molecule has 1 fully saturated rings. The second-order valence-corrected chi connectivity index (χ2v) is 20.8. The first-order chi connectivity index (χ1) is 31.3. The largest absolute Gasteiger partial charge is 0.379 e. The van der Waals surface area contributed by atoms with Crippen LogP contribution in [0, 0.1) is 23.7 Å². The molecule has 10 atom stereocenters. The van der Waals surface area contributed by atoms with Gasteiger partial charge in [-0.3, -0.25) is 33.7 Å². The third-order valence-corrected chi connectivity index (χ3v) is 14.8. The average Bonchev–Trinajstić information content (AvgIpc) is 3.97. The number of carbonyl (C=O) groups excluding carboxylic acids is 6.